The summed E-state index contributed by atoms with van der Waals surface area (Å²) in [6.07, 6.45) is 0. The van der Waals surface area contributed by atoms with Crippen LogP contribution in [0.25, 0.3) is 0 Å². The van der Waals surface area contributed by atoms with E-state index >= 15 is 0 Å². The van der Waals surface area contributed by atoms with E-state index in [4.69, 9.17) is 0 Å². The second-order valence-corrected chi connectivity index (χ2v) is 5.58. The number of carbonyl (C=O) groups is 1. The lowest BCUT2D eigenvalue weighted by Gasteiger charge is -2.09. The van der Waals surface area contributed by atoms with Crippen LogP contribution >= 0.6 is 0 Å². The number of hydrogen-bond donors (Lipinski definition) is 3. The zero-order chi connectivity index (χ0) is 17.6. The van der Waals surface area contributed by atoms with Gasteiger partial charge in [0, 0.05) is 16.9 Å². The Morgan fingerprint density at radius 2 is 1.80 bits per heavy atom. The molecule has 0 aliphatic heterocycles. The predicted octanol–water partition coefficient (Wildman–Crippen LogP) is 3.27. The van der Waals surface area contributed by atoms with Crippen molar-refractivity contribution in [2.75, 3.05) is 10.6 Å². The van der Waals surface area contributed by atoms with Crippen LogP contribution in [0.5, 0.6) is 0 Å². The minimum atomic E-state index is -0.228. The molecule has 25 heavy (non-hydrogen) atoms. The average molecular weight is 334 g/mol. The molecule has 3 rings (SSSR count). The fourth-order valence-corrected chi connectivity index (χ4v) is 2.30. The number of hydrogen-bond acceptors (Lipinski definition) is 5. The molecule has 6 heteroatoms. The number of aliphatic hydroxyl groups excluding tert-OH is 1. The van der Waals surface area contributed by atoms with Crippen molar-refractivity contribution in [2.45, 2.75) is 13.5 Å². The van der Waals surface area contributed by atoms with Crippen molar-refractivity contribution in [1.29, 1.82) is 0 Å². The largest absolute Gasteiger partial charge is 0.392 e. The highest BCUT2D eigenvalue weighted by atomic mass is 16.3. The smallest absolute Gasteiger partial charge is 0.255 e. The van der Waals surface area contributed by atoms with Gasteiger partial charge in [0.1, 0.15) is 0 Å². The molecule has 0 bridgehead atoms. The highest BCUT2D eigenvalue weighted by Gasteiger charge is 2.08. The Morgan fingerprint density at radius 1 is 1.00 bits per heavy atom. The zero-order valence-electron chi connectivity index (χ0n) is 13.7. The number of aliphatic hydroxyl groups is 1. The van der Waals surface area contributed by atoms with E-state index in [1.165, 1.54) is 0 Å². The quantitative estimate of drug-likeness (QED) is 0.666. The molecule has 0 aliphatic carbocycles. The highest BCUT2D eigenvalue weighted by Crippen LogP contribution is 2.17. The molecule has 3 aromatic rings. The summed E-state index contributed by atoms with van der Waals surface area (Å²) in [7, 11) is 0. The van der Waals surface area contributed by atoms with Crippen LogP contribution in [-0.2, 0) is 6.61 Å². The number of carbonyl (C=O) groups excluding carboxylic acids is 1. The Kier molecular flexibility index (Phi) is 5.01. The fraction of sp³-hybridized carbons (Fsp3) is 0.105. The molecule has 0 saturated heterocycles. The van der Waals surface area contributed by atoms with E-state index in [0.29, 0.717) is 17.1 Å². The fourth-order valence-electron chi connectivity index (χ4n) is 2.30. The van der Waals surface area contributed by atoms with Gasteiger partial charge in [-0.25, -0.2) is 0 Å². The third-order valence-corrected chi connectivity index (χ3v) is 3.56. The van der Waals surface area contributed by atoms with Crippen molar-refractivity contribution in [3.63, 3.8) is 0 Å². The number of benzene rings is 2. The molecule has 0 saturated carbocycles. The summed E-state index contributed by atoms with van der Waals surface area (Å²) < 4.78 is 0. The lowest BCUT2D eigenvalue weighted by molar-refractivity contribution is 0.102. The normalized spacial score (nSPS) is 10.3. The molecular weight excluding hydrogens is 316 g/mol. The van der Waals surface area contributed by atoms with E-state index in [-0.39, 0.29) is 12.5 Å². The van der Waals surface area contributed by atoms with Crippen LogP contribution in [0.2, 0.25) is 0 Å². The molecule has 126 valence electrons. The van der Waals surface area contributed by atoms with E-state index in [1.807, 2.05) is 25.1 Å². The molecule has 6 nitrogen and oxygen atoms in total. The highest BCUT2D eigenvalue weighted by molar-refractivity contribution is 6.04. The first-order valence-corrected chi connectivity index (χ1v) is 7.82. The number of nitrogens with zero attached hydrogens (tertiary/aromatic N) is 2. The second-order valence-electron chi connectivity index (χ2n) is 5.58. The molecule has 0 atom stereocenters. The van der Waals surface area contributed by atoms with Gasteiger partial charge in [0.15, 0.2) is 5.82 Å². The van der Waals surface area contributed by atoms with Crippen LogP contribution in [0.1, 0.15) is 21.6 Å². The van der Waals surface area contributed by atoms with E-state index in [0.717, 1.165) is 16.9 Å². The van der Waals surface area contributed by atoms with Gasteiger partial charge in [-0.15, -0.1) is 5.10 Å². The summed E-state index contributed by atoms with van der Waals surface area (Å²) in [5.74, 6) is 0.382. The lowest BCUT2D eigenvalue weighted by atomic mass is 10.1. The molecule has 0 unspecified atom stereocenters. The average Bonchev–Trinajstić information content (AvgIpc) is 2.64. The minimum Gasteiger partial charge on any atom is -0.392 e. The van der Waals surface area contributed by atoms with Crippen molar-refractivity contribution in [3.8, 4) is 0 Å². The van der Waals surface area contributed by atoms with Crippen LogP contribution in [0.3, 0.4) is 0 Å². The maximum absolute atomic E-state index is 12.4. The summed E-state index contributed by atoms with van der Waals surface area (Å²) in [4.78, 5) is 12.4. The second kappa shape index (κ2) is 7.55. The SMILES string of the molecule is Cc1ccc(Nc2cccc(C(=O)Nc3cccc(CO)c3)c2)nn1. The molecule has 0 radical (unpaired) electrons. The van der Waals surface area contributed by atoms with Crippen LogP contribution < -0.4 is 10.6 Å². The van der Waals surface area contributed by atoms with Crippen molar-refractivity contribution in [2.24, 2.45) is 0 Å². The molecule has 0 spiro atoms. The summed E-state index contributed by atoms with van der Waals surface area (Å²) in [6.45, 7) is 1.80. The summed E-state index contributed by atoms with van der Waals surface area (Å²) in [6, 6.07) is 17.9. The molecule has 1 amide bonds. The Bertz CT molecular complexity index is 879. The van der Waals surface area contributed by atoms with Gasteiger partial charge in [-0.3, -0.25) is 4.79 Å². The Hall–Kier alpha value is -3.25. The van der Waals surface area contributed by atoms with Crippen LogP contribution in [0, 0.1) is 6.92 Å². The van der Waals surface area contributed by atoms with Gasteiger partial charge in [0.05, 0.1) is 12.3 Å². The number of nitrogens with one attached hydrogen (secondary N) is 2. The zero-order valence-corrected chi connectivity index (χ0v) is 13.7. The maximum atomic E-state index is 12.4. The van der Waals surface area contributed by atoms with Gasteiger partial charge < -0.3 is 15.7 Å². The molecule has 0 aliphatic rings. The van der Waals surface area contributed by atoms with Crippen LogP contribution in [0.15, 0.2) is 60.7 Å². The number of rotatable bonds is 5. The van der Waals surface area contributed by atoms with Crippen molar-refractivity contribution in [1.82, 2.24) is 10.2 Å². The summed E-state index contributed by atoms with van der Waals surface area (Å²) in [5, 5.41) is 23.2. The summed E-state index contributed by atoms with van der Waals surface area (Å²) in [5.41, 5.74) is 3.48. The van der Waals surface area contributed by atoms with Gasteiger partial charge in [-0.2, -0.15) is 5.10 Å². The van der Waals surface area contributed by atoms with Crippen molar-refractivity contribution >= 4 is 23.1 Å². The van der Waals surface area contributed by atoms with Gasteiger partial charge in [0.25, 0.3) is 5.91 Å². The third kappa shape index (κ3) is 4.39. The molecule has 1 heterocycles. The van der Waals surface area contributed by atoms with Crippen LogP contribution in [-0.4, -0.2) is 21.2 Å². The molecule has 2 aromatic carbocycles. The standard InChI is InChI=1S/C19H18N4O2/c1-13-8-9-18(23-22-13)20-17-7-3-5-15(11-17)19(25)21-16-6-2-4-14(10-16)12-24/h2-11,24H,12H2,1H3,(H,20,23)(H,21,25). The van der Waals surface area contributed by atoms with E-state index < -0.39 is 0 Å². The first-order valence-electron chi connectivity index (χ1n) is 7.82. The van der Waals surface area contributed by atoms with Gasteiger partial charge in [-0.1, -0.05) is 18.2 Å². The maximum Gasteiger partial charge on any atom is 0.255 e. The number of amides is 1. The van der Waals surface area contributed by atoms with Crippen molar-refractivity contribution < 1.29 is 9.90 Å². The first kappa shape index (κ1) is 16.6. The number of aromatic nitrogens is 2. The predicted molar refractivity (Wildman–Crippen MR) is 96.8 cm³/mol. The first-order chi connectivity index (χ1) is 12.1. The molecule has 0 fully saturated rings. The Morgan fingerprint density at radius 3 is 2.56 bits per heavy atom. The monoisotopic (exact) mass is 334 g/mol. The van der Waals surface area contributed by atoms with Crippen LogP contribution in [0.4, 0.5) is 17.2 Å². The van der Waals surface area contributed by atoms with E-state index in [2.05, 4.69) is 20.8 Å². The van der Waals surface area contributed by atoms with Gasteiger partial charge in [-0.05, 0) is 55.0 Å². The topological polar surface area (TPSA) is 87.1 Å². The van der Waals surface area contributed by atoms with E-state index in [9.17, 15) is 9.90 Å². The molecular formula is C19H18N4O2. The van der Waals surface area contributed by atoms with E-state index in [1.54, 1.807) is 42.5 Å². The number of anilines is 3. The third-order valence-electron chi connectivity index (χ3n) is 3.56. The molecule has 3 N–H and O–H groups in total. The number of aryl methyl sites for hydroxylation is 1. The van der Waals surface area contributed by atoms with Gasteiger partial charge in [0.2, 0.25) is 0 Å². The Balaban J connectivity index is 1.73. The molecule has 1 aromatic heterocycles. The Labute approximate surface area is 145 Å². The summed E-state index contributed by atoms with van der Waals surface area (Å²) >= 11 is 0. The lowest BCUT2D eigenvalue weighted by Crippen LogP contribution is -2.12. The minimum absolute atomic E-state index is 0.0687. The van der Waals surface area contributed by atoms with Gasteiger partial charge >= 0.3 is 0 Å². The van der Waals surface area contributed by atoms with Crippen molar-refractivity contribution in [3.05, 3.63) is 77.5 Å².